The minimum atomic E-state index is -3.86. The van der Waals surface area contributed by atoms with Gasteiger partial charge in [-0.2, -0.15) is 18.8 Å². The van der Waals surface area contributed by atoms with Gasteiger partial charge < -0.3 is 0 Å². The van der Waals surface area contributed by atoms with Crippen LogP contribution in [0.2, 0.25) is 0 Å². The molecular formula is C10H7FN4O2S. The average Bonchev–Trinajstić information content (AvgIpc) is 2.85. The van der Waals surface area contributed by atoms with Gasteiger partial charge in [-0.3, -0.25) is 9.82 Å². The summed E-state index contributed by atoms with van der Waals surface area (Å²) < 4.78 is 38.7. The normalized spacial score (nSPS) is 10.9. The van der Waals surface area contributed by atoms with Crippen LogP contribution in [0.1, 0.15) is 5.56 Å². The molecule has 0 aliphatic carbocycles. The Bertz CT molecular complexity index is 704. The minimum Gasteiger partial charge on any atom is -0.277 e. The summed E-state index contributed by atoms with van der Waals surface area (Å²) in [6, 6.07) is 6.17. The van der Waals surface area contributed by atoms with Crippen LogP contribution >= 0.6 is 0 Å². The standard InChI is InChI=1S/C10H7FN4O2S/c11-8-1-2-9(7(5-8)6-12)15-18(16,17)10-3-4-13-14-10/h1-5,15H,(H,13,14). The second-order valence-corrected chi connectivity index (χ2v) is 4.98. The van der Waals surface area contributed by atoms with Gasteiger partial charge in [0, 0.05) is 0 Å². The Hall–Kier alpha value is -2.40. The Balaban J connectivity index is 2.39. The molecular weight excluding hydrogens is 259 g/mol. The molecule has 2 N–H and O–H groups in total. The summed E-state index contributed by atoms with van der Waals surface area (Å²) in [6.07, 6.45) is 1.28. The molecule has 0 fully saturated rings. The molecule has 8 heteroatoms. The first-order valence-corrected chi connectivity index (χ1v) is 6.23. The number of anilines is 1. The van der Waals surface area contributed by atoms with Crippen LogP contribution < -0.4 is 4.72 Å². The fourth-order valence-electron chi connectivity index (χ4n) is 1.29. The number of nitrogens with one attached hydrogen (secondary N) is 2. The van der Waals surface area contributed by atoms with E-state index in [4.69, 9.17) is 5.26 Å². The number of aromatic amines is 1. The van der Waals surface area contributed by atoms with Crippen molar-refractivity contribution < 1.29 is 12.8 Å². The first kappa shape index (κ1) is 12.1. The zero-order valence-corrected chi connectivity index (χ0v) is 9.70. The van der Waals surface area contributed by atoms with E-state index in [1.165, 1.54) is 18.3 Å². The van der Waals surface area contributed by atoms with Gasteiger partial charge in [-0.15, -0.1) is 0 Å². The third-order valence-electron chi connectivity index (χ3n) is 2.11. The molecule has 0 spiro atoms. The lowest BCUT2D eigenvalue weighted by Crippen LogP contribution is -2.14. The highest BCUT2D eigenvalue weighted by molar-refractivity contribution is 7.92. The fraction of sp³-hybridized carbons (Fsp3) is 0. The van der Waals surface area contributed by atoms with Crippen LogP contribution in [0.15, 0.2) is 35.5 Å². The highest BCUT2D eigenvalue weighted by atomic mass is 32.2. The molecule has 0 aliphatic heterocycles. The van der Waals surface area contributed by atoms with Crippen molar-refractivity contribution >= 4 is 15.7 Å². The van der Waals surface area contributed by atoms with E-state index in [1.807, 2.05) is 0 Å². The van der Waals surface area contributed by atoms with Crippen molar-refractivity contribution in [2.75, 3.05) is 4.72 Å². The first-order chi connectivity index (χ1) is 8.53. The summed E-state index contributed by atoms with van der Waals surface area (Å²) in [7, 11) is -3.86. The van der Waals surface area contributed by atoms with Gasteiger partial charge in [0.25, 0.3) is 10.0 Å². The number of nitrogens with zero attached hydrogens (tertiary/aromatic N) is 2. The van der Waals surface area contributed by atoms with Crippen LogP contribution in [-0.2, 0) is 10.0 Å². The Kier molecular flexibility index (Phi) is 2.99. The number of rotatable bonds is 3. The second-order valence-electron chi connectivity index (χ2n) is 3.33. The molecule has 0 atom stereocenters. The number of hydrogen-bond acceptors (Lipinski definition) is 4. The van der Waals surface area contributed by atoms with Crippen LogP contribution in [0.3, 0.4) is 0 Å². The van der Waals surface area contributed by atoms with Gasteiger partial charge in [0.1, 0.15) is 11.9 Å². The average molecular weight is 266 g/mol. The number of hydrogen-bond donors (Lipinski definition) is 2. The maximum atomic E-state index is 12.9. The lowest BCUT2D eigenvalue weighted by molar-refractivity contribution is 0.597. The molecule has 0 radical (unpaired) electrons. The predicted octanol–water partition coefficient (Wildman–Crippen LogP) is 1.22. The van der Waals surface area contributed by atoms with E-state index in [-0.39, 0.29) is 16.3 Å². The minimum absolute atomic E-state index is 0.00787. The molecule has 0 saturated heterocycles. The van der Waals surface area contributed by atoms with E-state index < -0.39 is 15.8 Å². The SMILES string of the molecule is N#Cc1cc(F)ccc1NS(=O)(=O)c1ccn[nH]1. The second kappa shape index (κ2) is 4.46. The van der Waals surface area contributed by atoms with E-state index in [2.05, 4.69) is 14.9 Å². The molecule has 0 aliphatic rings. The monoisotopic (exact) mass is 266 g/mol. The molecule has 0 saturated carbocycles. The summed E-state index contributed by atoms with van der Waals surface area (Å²) in [5, 5.41) is 14.5. The van der Waals surface area contributed by atoms with Crippen molar-refractivity contribution in [3.63, 3.8) is 0 Å². The number of sulfonamides is 1. The van der Waals surface area contributed by atoms with Crippen LogP contribution in [-0.4, -0.2) is 18.6 Å². The van der Waals surface area contributed by atoms with E-state index >= 15 is 0 Å². The van der Waals surface area contributed by atoms with Crippen molar-refractivity contribution in [2.45, 2.75) is 5.03 Å². The van der Waals surface area contributed by atoms with E-state index in [1.54, 1.807) is 6.07 Å². The molecule has 1 aromatic heterocycles. The lowest BCUT2D eigenvalue weighted by atomic mass is 10.2. The molecule has 1 heterocycles. The van der Waals surface area contributed by atoms with Gasteiger partial charge in [0.15, 0.2) is 5.03 Å². The molecule has 1 aromatic carbocycles. The van der Waals surface area contributed by atoms with Gasteiger partial charge in [0.2, 0.25) is 0 Å². The van der Waals surface area contributed by atoms with E-state index in [0.29, 0.717) is 0 Å². The van der Waals surface area contributed by atoms with Crippen molar-refractivity contribution in [1.29, 1.82) is 5.26 Å². The zero-order valence-electron chi connectivity index (χ0n) is 8.88. The predicted molar refractivity (Wildman–Crippen MR) is 60.5 cm³/mol. The van der Waals surface area contributed by atoms with Gasteiger partial charge in [0.05, 0.1) is 17.4 Å². The third kappa shape index (κ3) is 2.31. The number of aromatic nitrogens is 2. The quantitative estimate of drug-likeness (QED) is 0.872. The Morgan fingerprint density at radius 1 is 1.39 bits per heavy atom. The van der Waals surface area contributed by atoms with Crippen molar-refractivity contribution in [3.05, 3.63) is 41.8 Å². The van der Waals surface area contributed by atoms with Crippen LogP contribution in [0, 0.1) is 17.1 Å². The number of halogens is 1. The molecule has 92 valence electrons. The van der Waals surface area contributed by atoms with Gasteiger partial charge in [-0.25, -0.2) is 4.39 Å². The molecule has 0 unspecified atom stereocenters. The lowest BCUT2D eigenvalue weighted by Gasteiger charge is -2.07. The molecule has 6 nitrogen and oxygen atoms in total. The first-order valence-electron chi connectivity index (χ1n) is 4.75. The van der Waals surface area contributed by atoms with Crippen molar-refractivity contribution in [3.8, 4) is 6.07 Å². The largest absolute Gasteiger partial charge is 0.278 e. The summed E-state index contributed by atoms with van der Waals surface area (Å²) in [5.74, 6) is -0.615. The summed E-state index contributed by atoms with van der Waals surface area (Å²) in [6.45, 7) is 0. The van der Waals surface area contributed by atoms with E-state index in [0.717, 1.165) is 12.1 Å². The number of H-pyrrole nitrogens is 1. The third-order valence-corrected chi connectivity index (χ3v) is 3.41. The molecule has 2 aromatic rings. The van der Waals surface area contributed by atoms with Crippen LogP contribution in [0.4, 0.5) is 10.1 Å². The number of nitriles is 1. The molecule has 0 bridgehead atoms. The highest BCUT2D eigenvalue weighted by Crippen LogP contribution is 2.19. The van der Waals surface area contributed by atoms with Crippen LogP contribution in [0.25, 0.3) is 0 Å². The Labute approximate surface area is 102 Å². The fourth-order valence-corrected chi connectivity index (χ4v) is 2.28. The summed E-state index contributed by atoms with van der Waals surface area (Å²) >= 11 is 0. The molecule has 2 rings (SSSR count). The van der Waals surface area contributed by atoms with Gasteiger partial charge >= 0.3 is 0 Å². The maximum Gasteiger partial charge on any atom is 0.278 e. The van der Waals surface area contributed by atoms with Gasteiger partial charge in [-0.1, -0.05) is 0 Å². The maximum absolute atomic E-state index is 12.9. The van der Waals surface area contributed by atoms with Gasteiger partial charge in [-0.05, 0) is 24.3 Å². The molecule has 18 heavy (non-hydrogen) atoms. The summed E-state index contributed by atoms with van der Waals surface area (Å²) in [5.41, 5.74) is -0.0911. The topological polar surface area (TPSA) is 98.6 Å². The van der Waals surface area contributed by atoms with Crippen molar-refractivity contribution in [2.24, 2.45) is 0 Å². The van der Waals surface area contributed by atoms with E-state index in [9.17, 15) is 12.8 Å². The Morgan fingerprint density at radius 2 is 2.17 bits per heavy atom. The highest BCUT2D eigenvalue weighted by Gasteiger charge is 2.17. The number of benzene rings is 1. The Morgan fingerprint density at radius 3 is 2.78 bits per heavy atom. The molecule has 0 amide bonds. The van der Waals surface area contributed by atoms with Crippen LogP contribution in [0.5, 0.6) is 0 Å². The summed E-state index contributed by atoms with van der Waals surface area (Å²) in [4.78, 5) is 0. The van der Waals surface area contributed by atoms with Crippen molar-refractivity contribution in [1.82, 2.24) is 10.2 Å². The zero-order chi connectivity index (χ0) is 13.2. The smallest absolute Gasteiger partial charge is 0.277 e.